The van der Waals surface area contributed by atoms with Gasteiger partial charge in [-0.25, -0.2) is 0 Å². The van der Waals surface area contributed by atoms with Gasteiger partial charge in [0, 0.05) is 45.5 Å². The fourth-order valence-electron chi connectivity index (χ4n) is 4.56. The lowest BCUT2D eigenvalue weighted by Crippen LogP contribution is -2.49. The van der Waals surface area contributed by atoms with Crippen molar-refractivity contribution in [3.8, 4) is 5.75 Å². The first-order chi connectivity index (χ1) is 15.6. The van der Waals surface area contributed by atoms with E-state index in [9.17, 15) is 0 Å². The topological polar surface area (TPSA) is 67.2 Å². The summed E-state index contributed by atoms with van der Waals surface area (Å²) in [5.41, 5.74) is 2.47. The van der Waals surface area contributed by atoms with Crippen LogP contribution in [0.4, 0.5) is 0 Å². The van der Waals surface area contributed by atoms with Gasteiger partial charge in [-0.05, 0) is 49.5 Å². The summed E-state index contributed by atoms with van der Waals surface area (Å²) < 4.78 is 13.1. The largest absolute Gasteiger partial charge is 0.497 e. The van der Waals surface area contributed by atoms with Crippen LogP contribution < -0.4 is 10.1 Å². The van der Waals surface area contributed by atoms with Crippen molar-refractivity contribution >= 4 is 5.96 Å². The average Bonchev–Trinajstić information content (AvgIpc) is 3.27. The standard InChI is InChI=1S/C24H36N6O2/c1-25-24(30-12-13-32-23(18-30)21-15-27-28(2)17-21)26-14-19-8-10-29(11-9-19)16-20-4-6-22(31-3)7-5-20/h4-7,15,17,19,23H,8-14,16,18H2,1-3H3,(H,25,26). The number of nitrogens with one attached hydrogen (secondary N) is 1. The quantitative estimate of drug-likeness (QED) is 0.549. The second kappa shape index (κ2) is 10.8. The summed E-state index contributed by atoms with van der Waals surface area (Å²) in [6.07, 6.45) is 6.38. The van der Waals surface area contributed by atoms with Crippen molar-refractivity contribution in [2.24, 2.45) is 18.0 Å². The third kappa shape index (κ3) is 5.81. The average molecular weight is 441 g/mol. The number of aryl methyl sites for hydroxylation is 1. The maximum atomic E-state index is 5.98. The molecule has 32 heavy (non-hydrogen) atoms. The molecular formula is C24H36N6O2. The van der Waals surface area contributed by atoms with Crippen LogP contribution in [-0.2, 0) is 18.3 Å². The first-order valence-electron chi connectivity index (χ1n) is 11.6. The predicted molar refractivity (Wildman–Crippen MR) is 126 cm³/mol. The first kappa shape index (κ1) is 22.6. The van der Waals surface area contributed by atoms with Gasteiger partial charge in [-0.1, -0.05) is 12.1 Å². The number of nitrogens with zero attached hydrogens (tertiary/aromatic N) is 5. The number of hydrogen-bond donors (Lipinski definition) is 1. The molecule has 2 aromatic rings. The summed E-state index contributed by atoms with van der Waals surface area (Å²) in [6, 6.07) is 8.42. The van der Waals surface area contributed by atoms with Gasteiger partial charge < -0.3 is 19.7 Å². The molecule has 0 radical (unpaired) electrons. The van der Waals surface area contributed by atoms with Crippen molar-refractivity contribution in [2.45, 2.75) is 25.5 Å². The molecule has 0 amide bonds. The Morgan fingerprint density at radius 1 is 1.22 bits per heavy atom. The van der Waals surface area contributed by atoms with E-state index in [0.29, 0.717) is 12.5 Å². The molecule has 8 heteroatoms. The Hall–Kier alpha value is -2.58. The van der Waals surface area contributed by atoms with E-state index < -0.39 is 0 Å². The minimum Gasteiger partial charge on any atom is -0.497 e. The predicted octanol–water partition coefficient (Wildman–Crippen LogP) is 2.29. The molecular weight excluding hydrogens is 404 g/mol. The van der Waals surface area contributed by atoms with Crippen molar-refractivity contribution in [3.63, 3.8) is 0 Å². The number of methoxy groups -OCH3 is 1. The summed E-state index contributed by atoms with van der Waals surface area (Å²) in [7, 11) is 5.52. The van der Waals surface area contributed by atoms with Gasteiger partial charge in [0.2, 0.25) is 0 Å². The second-order valence-electron chi connectivity index (χ2n) is 8.75. The van der Waals surface area contributed by atoms with E-state index >= 15 is 0 Å². The number of likely N-dealkylation sites (tertiary alicyclic amines) is 1. The zero-order valence-corrected chi connectivity index (χ0v) is 19.5. The van der Waals surface area contributed by atoms with Crippen LogP contribution in [-0.4, -0.2) is 79.0 Å². The molecule has 0 spiro atoms. The van der Waals surface area contributed by atoms with Crippen LogP contribution >= 0.6 is 0 Å². The Kier molecular flexibility index (Phi) is 7.65. The Labute approximate surface area is 191 Å². The lowest BCUT2D eigenvalue weighted by Gasteiger charge is -2.36. The van der Waals surface area contributed by atoms with Gasteiger partial charge in [-0.3, -0.25) is 14.6 Å². The Balaban J connectivity index is 1.21. The molecule has 2 fully saturated rings. The third-order valence-electron chi connectivity index (χ3n) is 6.50. The molecule has 2 aliphatic rings. The minimum absolute atomic E-state index is 0.0391. The molecule has 0 bridgehead atoms. The minimum atomic E-state index is 0.0391. The van der Waals surface area contributed by atoms with Crippen molar-refractivity contribution in [2.75, 3.05) is 53.5 Å². The smallest absolute Gasteiger partial charge is 0.193 e. The summed E-state index contributed by atoms with van der Waals surface area (Å²) in [5.74, 6) is 2.57. The molecule has 1 atom stereocenters. The summed E-state index contributed by atoms with van der Waals surface area (Å²) in [4.78, 5) is 9.40. The Morgan fingerprint density at radius 3 is 2.66 bits per heavy atom. The summed E-state index contributed by atoms with van der Waals surface area (Å²) in [6.45, 7) is 6.61. The van der Waals surface area contributed by atoms with E-state index in [-0.39, 0.29) is 6.10 Å². The highest BCUT2D eigenvalue weighted by molar-refractivity contribution is 5.80. The van der Waals surface area contributed by atoms with Crippen LogP contribution in [0.5, 0.6) is 5.75 Å². The van der Waals surface area contributed by atoms with E-state index in [1.807, 2.05) is 43.3 Å². The first-order valence-corrected chi connectivity index (χ1v) is 11.6. The molecule has 4 rings (SSSR count). The third-order valence-corrected chi connectivity index (χ3v) is 6.50. The normalized spacial score (nSPS) is 21.0. The van der Waals surface area contributed by atoms with E-state index in [1.54, 1.807) is 7.11 Å². The summed E-state index contributed by atoms with van der Waals surface area (Å²) >= 11 is 0. The summed E-state index contributed by atoms with van der Waals surface area (Å²) in [5, 5.41) is 7.91. The Bertz CT molecular complexity index is 873. The Morgan fingerprint density at radius 2 is 2.00 bits per heavy atom. The number of morpholine rings is 1. The molecule has 1 N–H and O–H groups in total. The van der Waals surface area contributed by atoms with E-state index in [4.69, 9.17) is 9.47 Å². The van der Waals surface area contributed by atoms with Crippen LogP contribution in [0.2, 0.25) is 0 Å². The lowest BCUT2D eigenvalue weighted by molar-refractivity contribution is -0.00812. The maximum Gasteiger partial charge on any atom is 0.193 e. The SMILES string of the molecule is CN=C(NCC1CCN(Cc2ccc(OC)cc2)CC1)N1CCOC(c2cnn(C)c2)C1. The molecule has 1 aromatic carbocycles. The van der Waals surface area contributed by atoms with Crippen molar-refractivity contribution < 1.29 is 9.47 Å². The van der Waals surface area contributed by atoms with Gasteiger partial charge in [0.05, 0.1) is 26.5 Å². The number of piperidine rings is 1. The van der Waals surface area contributed by atoms with Gasteiger partial charge in [0.25, 0.3) is 0 Å². The molecule has 174 valence electrons. The second-order valence-corrected chi connectivity index (χ2v) is 8.75. The van der Waals surface area contributed by atoms with Gasteiger partial charge in [0.15, 0.2) is 5.96 Å². The van der Waals surface area contributed by atoms with Crippen LogP contribution in [0.15, 0.2) is 41.7 Å². The van der Waals surface area contributed by atoms with Crippen molar-refractivity contribution in [3.05, 3.63) is 47.8 Å². The number of benzene rings is 1. The fourth-order valence-corrected chi connectivity index (χ4v) is 4.56. The highest BCUT2D eigenvalue weighted by atomic mass is 16.5. The van der Waals surface area contributed by atoms with Gasteiger partial charge >= 0.3 is 0 Å². The molecule has 1 aromatic heterocycles. The van der Waals surface area contributed by atoms with Crippen molar-refractivity contribution in [1.82, 2.24) is 24.9 Å². The molecule has 1 unspecified atom stereocenters. The number of rotatable bonds is 6. The van der Waals surface area contributed by atoms with E-state index in [1.165, 1.54) is 18.4 Å². The maximum absolute atomic E-state index is 5.98. The van der Waals surface area contributed by atoms with Crippen LogP contribution in [0.25, 0.3) is 0 Å². The molecule has 0 aliphatic carbocycles. The fraction of sp³-hybridized carbons (Fsp3) is 0.583. The number of hydrogen-bond acceptors (Lipinski definition) is 5. The van der Waals surface area contributed by atoms with Crippen LogP contribution in [0, 0.1) is 5.92 Å². The molecule has 8 nitrogen and oxygen atoms in total. The van der Waals surface area contributed by atoms with E-state index in [0.717, 1.165) is 56.5 Å². The number of aliphatic imine (C=N–C) groups is 1. The zero-order chi connectivity index (χ0) is 22.3. The zero-order valence-electron chi connectivity index (χ0n) is 19.5. The molecule has 0 saturated carbocycles. The molecule has 3 heterocycles. The number of aromatic nitrogens is 2. The van der Waals surface area contributed by atoms with Gasteiger partial charge in [-0.15, -0.1) is 0 Å². The highest BCUT2D eigenvalue weighted by Gasteiger charge is 2.26. The number of guanidine groups is 1. The monoisotopic (exact) mass is 440 g/mol. The van der Waals surface area contributed by atoms with Crippen molar-refractivity contribution in [1.29, 1.82) is 0 Å². The van der Waals surface area contributed by atoms with Gasteiger partial charge in [-0.2, -0.15) is 5.10 Å². The van der Waals surface area contributed by atoms with Gasteiger partial charge in [0.1, 0.15) is 11.9 Å². The number of ether oxygens (including phenoxy) is 2. The van der Waals surface area contributed by atoms with Crippen LogP contribution in [0.1, 0.15) is 30.1 Å². The van der Waals surface area contributed by atoms with E-state index in [2.05, 4.69) is 37.3 Å². The molecule has 2 saturated heterocycles. The highest BCUT2D eigenvalue weighted by Crippen LogP contribution is 2.22. The van der Waals surface area contributed by atoms with Crippen LogP contribution in [0.3, 0.4) is 0 Å². The lowest BCUT2D eigenvalue weighted by atomic mass is 9.96. The molecule has 2 aliphatic heterocycles.